The third-order valence-electron chi connectivity index (χ3n) is 7.75. The number of rotatable bonds is 13. The number of benzene rings is 4. The summed E-state index contributed by atoms with van der Waals surface area (Å²) in [6, 6.07) is 23.4. The molecule has 260 valence electrons. The van der Waals surface area contributed by atoms with Gasteiger partial charge in [0.05, 0.1) is 24.8 Å². The zero-order valence-electron chi connectivity index (χ0n) is 29.0. The standard InChI is InChI=1S/C38H44FN3O6S/c1-26-19-27(2)21-31(20-26)42(49(45,46)32-17-18-34(47-6)35(23-32)48-7)25-36(43)41(24-29-13-15-30(39)16-14-29)33(37(44)40-38(3,4)5)22-28-11-9-8-10-12-28/h8-21,23,33H,22,24-25H2,1-7H3,(H,40,44)/t33-/m0/s1. The van der Waals surface area contributed by atoms with E-state index >= 15 is 0 Å². The topological polar surface area (TPSA) is 105 Å². The summed E-state index contributed by atoms with van der Waals surface area (Å²) in [5.41, 5.74) is 2.61. The Kier molecular flexibility index (Phi) is 11.7. The smallest absolute Gasteiger partial charge is 0.264 e. The first-order chi connectivity index (χ1) is 23.1. The summed E-state index contributed by atoms with van der Waals surface area (Å²) < 4.78 is 54.7. The van der Waals surface area contributed by atoms with Crippen LogP contribution in [-0.4, -0.2) is 57.5 Å². The van der Waals surface area contributed by atoms with Crippen LogP contribution < -0.4 is 19.1 Å². The van der Waals surface area contributed by atoms with Crippen LogP contribution >= 0.6 is 0 Å². The van der Waals surface area contributed by atoms with Gasteiger partial charge in [-0.2, -0.15) is 0 Å². The van der Waals surface area contributed by atoms with Crippen LogP contribution in [0.15, 0.2) is 95.9 Å². The molecule has 0 unspecified atom stereocenters. The molecule has 0 spiro atoms. The molecule has 0 aliphatic carbocycles. The Morgan fingerprint density at radius 3 is 2.00 bits per heavy atom. The zero-order valence-corrected chi connectivity index (χ0v) is 29.8. The van der Waals surface area contributed by atoms with E-state index in [4.69, 9.17) is 9.47 Å². The summed E-state index contributed by atoms with van der Waals surface area (Å²) in [4.78, 5) is 30.0. The number of carbonyl (C=O) groups is 2. The van der Waals surface area contributed by atoms with Crippen molar-refractivity contribution in [1.29, 1.82) is 0 Å². The average Bonchev–Trinajstić information content (AvgIpc) is 3.04. The molecule has 0 bridgehead atoms. The second-order valence-electron chi connectivity index (χ2n) is 13.0. The minimum absolute atomic E-state index is 0.0781. The van der Waals surface area contributed by atoms with E-state index in [-0.39, 0.29) is 29.3 Å². The molecular formula is C38H44FN3O6S. The molecule has 0 aliphatic heterocycles. The van der Waals surface area contributed by atoms with Crippen LogP contribution in [-0.2, 0) is 32.6 Å². The Balaban J connectivity index is 1.86. The number of nitrogens with one attached hydrogen (secondary N) is 1. The van der Waals surface area contributed by atoms with E-state index < -0.39 is 45.8 Å². The van der Waals surface area contributed by atoms with Crippen molar-refractivity contribution < 1.29 is 31.9 Å². The quantitative estimate of drug-likeness (QED) is 0.179. The highest BCUT2D eigenvalue weighted by atomic mass is 32.2. The number of methoxy groups -OCH3 is 2. The first-order valence-electron chi connectivity index (χ1n) is 15.8. The Labute approximate surface area is 288 Å². The van der Waals surface area contributed by atoms with Crippen LogP contribution in [0.4, 0.5) is 10.1 Å². The number of amides is 2. The van der Waals surface area contributed by atoms with E-state index in [1.54, 1.807) is 24.3 Å². The molecule has 4 aromatic carbocycles. The molecule has 0 saturated heterocycles. The van der Waals surface area contributed by atoms with Crippen molar-refractivity contribution in [3.8, 4) is 11.5 Å². The van der Waals surface area contributed by atoms with Gasteiger partial charge in [0, 0.05) is 24.6 Å². The number of hydrogen-bond acceptors (Lipinski definition) is 6. The molecule has 1 atom stereocenters. The highest BCUT2D eigenvalue weighted by molar-refractivity contribution is 7.92. The molecule has 1 N–H and O–H groups in total. The summed E-state index contributed by atoms with van der Waals surface area (Å²) >= 11 is 0. The van der Waals surface area contributed by atoms with Gasteiger partial charge in [-0.05, 0) is 93.3 Å². The van der Waals surface area contributed by atoms with E-state index in [0.29, 0.717) is 11.3 Å². The van der Waals surface area contributed by atoms with Gasteiger partial charge in [0.15, 0.2) is 11.5 Å². The Morgan fingerprint density at radius 2 is 1.43 bits per heavy atom. The molecule has 4 aromatic rings. The molecule has 11 heteroatoms. The molecule has 2 amide bonds. The minimum Gasteiger partial charge on any atom is -0.493 e. The van der Waals surface area contributed by atoms with Crippen LogP contribution in [0.5, 0.6) is 11.5 Å². The molecule has 49 heavy (non-hydrogen) atoms. The van der Waals surface area contributed by atoms with Gasteiger partial charge in [-0.3, -0.25) is 13.9 Å². The number of carbonyl (C=O) groups excluding carboxylic acids is 2. The normalized spacial score (nSPS) is 12.2. The van der Waals surface area contributed by atoms with Crippen molar-refractivity contribution in [2.24, 2.45) is 0 Å². The fourth-order valence-corrected chi connectivity index (χ4v) is 6.93. The number of sulfonamides is 1. The van der Waals surface area contributed by atoms with E-state index in [9.17, 15) is 22.4 Å². The first-order valence-corrected chi connectivity index (χ1v) is 17.3. The van der Waals surface area contributed by atoms with Crippen LogP contribution in [0, 0.1) is 19.7 Å². The van der Waals surface area contributed by atoms with Crippen molar-refractivity contribution in [3.63, 3.8) is 0 Å². The fraction of sp³-hybridized carbons (Fsp3) is 0.316. The summed E-state index contributed by atoms with van der Waals surface area (Å²) in [7, 11) is -1.53. The molecule has 9 nitrogen and oxygen atoms in total. The molecule has 0 heterocycles. The molecule has 0 saturated carbocycles. The van der Waals surface area contributed by atoms with E-state index in [2.05, 4.69) is 5.32 Å². The summed E-state index contributed by atoms with van der Waals surface area (Å²) in [6.45, 7) is 8.50. The van der Waals surface area contributed by atoms with Gasteiger partial charge in [-0.15, -0.1) is 0 Å². The summed E-state index contributed by atoms with van der Waals surface area (Å²) in [5, 5.41) is 3.00. The first kappa shape index (κ1) is 36.9. The van der Waals surface area contributed by atoms with Gasteiger partial charge in [0.1, 0.15) is 18.4 Å². The van der Waals surface area contributed by atoms with Gasteiger partial charge in [0.25, 0.3) is 10.0 Å². The molecule has 0 aliphatic rings. The lowest BCUT2D eigenvalue weighted by Gasteiger charge is -2.35. The van der Waals surface area contributed by atoms with Crippen LogP contribution in [0.25, 0.3) is 0 Å². The number of anilines is 1. The highest BCUT2D eigenvalue weighted by Gasteiger charge is 2.36. The van der Waals surface area contributed by atoms with Crippen LogP contribution in [0.1, 0.15) is 43.0 Å². The number of aryl methyl sites for hydroxylation is 2. The third kappa shape index (κ3) is 9.60. The maximum absolute atomic E-state index is 14.7. The van der Waals surface area contributed by atoms with Gasteiger partial charge >= 0.3 is 0 Å². The van der Waals surface area contributed by atoms with Gasteiger partial charge in [-0.1, -0.05) is 48.5 Å². The Hall–Kier alpha value is -4.90. The second-order valence-corrected chi connectivity index (χ2v) is 14.8. The van der Waals surface area contributed by atoms with E-state index in [1.165, 1.54) is 49.5 Å². The van der Waals surface area contributed by atoms with E-state index in [1.807, 2.05) is 71.0 Å². The number of ether oxygens (including phenoxy) is 2. The minimum atomic E-state index is -4.39. The maximum Gasteiger partial charge on any atom is 0.264 e. The van der Waals surface area contributed by atoms with E-state index in [0.717, 1.165) is 21.0 Å². The summed E-state index contributed by atoms with van der Waals surface area (Å²) in [6.07, 6.45) is 0.154. The number of hydrogen-bond donors (Lipinski definition) is 1. The van der Waals surface area contributed by atoms with Crippen LogP contribution in [0.2, 0.25) is 0 Å². The van der Waals surface area contributed by atoms with Crippen molar-refractivity contribution in [2.75, 3.05) is 25.1 Å². The Morgan fingerprint density at radius 1 is 0.816 bits per heavy atom. The number of halogens is 1. The molecule has 0 radical (unpaired) electrons. The van der Waals surface area contributed by atoms with Crippen LogP contribution in [0.3, 0.4) is 0 Å². The molecule has 0 fully saturated rings. The molecule has 0 aromatic heterocycles. The molecular weight excluding hydrogens is 645 g/mol. The second kappa shape index (κ2) is 15.5. The predicted octanol–water partition coefficient (Wildman–Crippen LogP) is 6.21. The van der Waals surface area contributed by atoms with Crippen molar-refractivity contribution in [2.45, 2.75) is 64.1 Å². The highest BCUT2D eigenvalue weighted by Crippen LogP contribution is 2.33. The zero-order chi connectivity index (χ0) is 35.9. The van der Waals surface area contributed by atoms with Crippen molar-refractivity contribution in [1.82, 2.24) is 10.2 Å². The number of nitrogens with zero attached hydrogens (tertiary/aromatic N) is 2. The van der Waals surface area contributed by atoms with Crippen molar-refractivity contribution >= 4 is 27.5 Å². The predicted molar refractivity (Wildman–Crippen MR) is 189 cm³/mol. The largest absolute Gasteiger partial charge is 0.493 e. The van der Waals surface area contributed by atoms with Crippen molar-refractivity contribution in [3.05, 3.63) is 119 Å². The molecule has 4 rings (SSSR count). The Bertz CT molecular complexity index is 1860. The third-order valence-corrected chi connectivity index (χ3v) is 9.52. The monoisotopic (exact) mass is 689 g/mol. The lowest BCUT2D eigenvalue weighted by atomic mass is 10.0. The fourth-order valence-electron chi connectivity index (χ4n) is 5.52. The summed E-state index contributed by atoms with van der Waals surface area (Å²) in [5.74, 6) is -0.940. The van der Waals surface area contributed by atoms with Gasteiger partial charge in [-0.25, -0.2) is 12.8 Å². The lowest BCUT2D eigenvalue weighted by molar-refractivity contribution is -0.140. The average molecular weight is 690 g/mol. The maximum atomic E-state index is 14.7. The SMILES string of the molecule is COc1ccc(S(=O)(=O)N(CC(=O)N(Cc2ccc(F)cc2)[C@@H](Cc2ccccc2)C(=O)NC(C)(C)C)c2cc(C)cc(C)c2)cc1OC. The lowest BCUT2D eigenvalue weighted by Crippen LogP contribution is -2.56. The van der Waals surface area contributed by atoms with Gasteiger partial charge in [0.2, 0.25) is 11.8 Å². The van der Waals surface area contributed by atoms with Gasteiger partial charge < -0.3 is 19.7 Å².